The SMILES string of the molecule is COc1ccccc1NC(=O)[C@H](C)OC(=O)c1ccc2c(c1)NC(=O)[C@@H]1CCCN21. The van der Waals surface area contributed by atoms with Crippen molar-refractivity contribution in [1.82, 2.24) is 0 Å². The molecule has 0 radical (unpaired) electrons. The number of nitrogens with one attached hydrogen (secondary N) is 2. The maximum Gasteiger partial charge on any atom is 0.338 e. The minimum absolute atomic E-state index is 0.0601. The zero-order valence-corrected chi connectivity index (χ0v) is 16.8. The van der Waals surface area contributed by atoms with Crippen LogP contribution in [0.4, 0.5) is 17.1 Å². The van der Waals surface area contributed by atoms with Gasteiger partial charge in [-0.1, -0.05) is 12.1 Å². The summed E-state index contributed by atoms with van der Waals surface area (Å²) in [5.41, 5.74) is 2.24. The number of fused-ring (bicyclic) bond motifs is 3. The second kappa shape index (κ2) is 8.06. The molecule has 30 heavy (non-hydrogen) atoms. The van der Waals surface area contributed by atoms with Crippen molar-refractivity contribution in [3.63, 3.8) is 0 Å². The molecule has 8 heteroatoms. The Kier molecular flexibility index (Phi) is 5.31. The van der Waals surface area contributed by atoms with Crippen molar-refractivity contribution in [3.8, 4) is 5.75 Å². The quantitative estimate of drug-likeness (QED) is 0.737. The lowest BCUT2D eigenvalue weighted by Gasteiger charge is -2.33. The Morgan fingerprint density at radius 1 is 1.23 bits per heavy atom. The van der Waals surface area contributed by atoms with Gasteiger partial charge < -0.3 is 25.0 Å². The lowest BCUT2D eigenvalue weighted by Crippen LogP contribution is -2.43. The number of carbonyl (C=O) groups is 3. The number of amides is 2. The Morgan fingerprint density at radius 3 is 2.83 bits per heavy atom. The van der Waals surface area contributed by atoms with Crippen molar-refractivity contribution in [2.24, 2.45) is 0 Å². The van der Waals surface area contributed by atoms with Gasteiger partial charge in [-0.15, -0.1) is 0 Å². The average Bonchev–Trinajstić information content (AvgIpc) is 3.24. The van der Waals surface area contributed by atoms with Gasteiger partial charge in [-0.3, -0.25) is 9.59 Å². The summed E-state index contributed by atoms with van der Waals surface area (Å²) in [6.45, 7) is 2.31. The summed E-state index contributed by atoms with van der Waals surface area (Å²) < 4.78 is 10.5. The summed E-state index contributed by atoms with van der Waals surface area (Å²) in [7, 11) is 1.51. The van der Waals surface area contributed by atoms with Crippen LogP contribution in [0.5, 0.6) is 5.75 Å². The molecule has 2 amide bonds. The van der Waals surface area contributed by atoms with Crippen LogP contribution >= 0.6 is 0 Å². The Balaban J connectivity index is 1.44. The van der Waals surface area contributed by atoms with Crippen LogP contribution < -0.4 is 20.3 Å². The Bertz CT molecular complexity index is 1010. The zero-order chi connectivity index (χ0) is 21.3. The smallest absolute Gasteiger partial charge is 0.338 e. The predicted octanol–water partition coefficient (Wildman–Crippen LogP) is 2.80. The predicted molar refractivity (Wildman–Crippen MR) is 112 cm³/mol. The monoisotopic (exact) mass is 409 g/mol. The normalized spacial score (nSPS) is 18.0. The number of para-hydroxylation sites is 2. The van der Waals surface area contributed by atoms with Crippen molar-refractivity contribution in [3.05, 3.63) is 48.0 Å². The van der Waals surface area contributed by atoms with Gasteiger partial charge >= 0.3 is 5.97 Å². The van der Waals surface area contributed by atoms with Gasteiger partial charge in [0.05, 0.1) is 29.7 Å². The largest absolute Gasteiger partial charge is 0.495 e. The maximum absolute atomic E-state index is 12.6. The summed E-state index contributed by atoms with van der Waals surface area (Å²) in [5, 5.41) is 5.56. The number of hydrogen-bond acceptors (Lipinski definition) is 6. The molecule has 8 nitrogen and oxygen atoms in total. The molecule has 1 fully saturated rings. The highest BCUT2D eigenvalue weighted by Crippen LogP contribution is 2.37. The van der Waals surface area contributed by atoms with Gasteiger partial charge in [0.1, 0.15) is 11.8 Å². The molecule has 2 heterocycles. The maximum atomic E-state index is 12.6. The van der Waals surface area contributed by atoms with Crippen LogP contribution in [0, 0.1) is 0 Å². The average molecular weight is 409 g/mol. The fourth-order valence-corrected chi connectivity index (χ4v) is 3.82. The van der Waals surface area contributed by atoms with E-state index in [1.165, 1.54) is 14.0 Å². The molecule has 0 unspecified atom stereocenters. The molecular weight excluding hydrogens is 386 g/mol. The number of hydrogen-bond donors (Lipinski definition) is 2. The number of anilines is 3. The molecule has 2 aliphatic heterocycles. The Labute approximate surface area is 174 Å². The number of ether oxygens (including phenoxy) is 2. The van der Waals surface area contributed by atoms with Gasteiger partial charge in [0.15, 0.2) is 6.10 Å². The van der Waals surface area contributed by atoms with E-state index < -0.39 is 18.0 Å². The van der Waals surface area contributed by atoms with Gasteiger partial charge in [-0.25, -0.2) is 4.79 Å². The molecule has 2 aromatic carbocycles. The molecule has 4 rings (SSSR count). The third kappa shape index (κ3) is 3.68. The Hall–Kier alpha value is -3.55. The van der Waals surface area contributed by atoms with Crippen molar-refractivity contribution in [2.75, 3.05) is 29.2 Å². The highest BCUT2D eigenvalue weighted by Gasteiger charge is 2.36. The van der Waals surface area contributed by atoms with Gasteiger partial charge in [-0.05, 0) is 50.1 Å². The first kappa shape index (κ1) is 19.8. The number of benzene rings is 2. The molecular formula is C22H23N3O5. The summed E-state index contributed by atoms with van der Waals surface area (Å²) >= 11 is 0. The highest BCUT2D eigenvalue weighted by atomic mass is 16.5. The van der Waals surface area contributed by atoms with Crippen LogP contribution in [0.1, 0.15) is 30.1 Å². The van der Waals surface area contributed by atoms with E-state index >= 15 is 0 Å². The van der Waals surface area contributed by atoms with E-state index in [9.17, 15) is 14.4 Å². The zero-order valence-electron chi connectivity index (χ0n) is 16.8. The summed E-state index contributed by atoms with van der Waals surface area (Å²) in [5.74, 6) is -0.664. The van der Waals surface area contributed by atoms with Crippen LogP contribution in [0.3, 0.4) is 0 Å². The van der Waals surface area contributed by atoms with Crippen LogP contribution in [-0.2, 0) is 14.3 Å². The molecule has 1 saturated heterocycles. The van der Waals surface area contributed by atoms with E-state index in [1.54, 1.807) is 36.4 Å². The van der Waals surface area contributed by atoms with E-state index in [0.717, 1.165) is 25.1 Å². The van der Waals surface area contributed by atoms with Gasteiger partial charge in [-0.2, -0.15) is 0 Å². The molecule has 2 N–H and O–H groups in total. The number of methoxy groups -OCH3 is 1. The van der Waals surface area contributed by atoms with E-state index in [2.05, 4.69) is 15.5 Å². The third-order valence-corrected chi connectivity index (χ3v) is 5.37. The first-order valence-corrected chi connectivity index (χ1v) is 9.84. The third-order valence-electron chi connectivity index (χ3n) is 5.37. The summed E-state index contributed by atoms with van der Waals surface area (Å²) in [4.78, 5) is 39.4. The van der Waals surface area contributed by atoms with Gasteiger partial charge in [0, 0.05) is 6.54 Å². The van der Waals surface area contributed by atoms with Crippen molar-refractivity contribution < 1.29 is 23.9 Å². The van der Waals surface area contributed by atoms with Gasteiger partial charge in [0.2, 0.25) is 5.91 Å². The fraction of sp³-hybridized carbons (Fsp3) is 0.318. The van der Waals surface area contributed by atoms with E-state index in [1.807, 2.05) is 6.07 Å². The van der Waals surface area contributed by atoms with Crippen LogP contribution in [-0.4, -0.2) is 43.6 Å². The molecule has 0 bridgehead atoms. The minimum atomic E-state index is -1.02. The van der Waals surface area contributed by atoms with Crippen LogP contribution in [0.25, 0.3) is 0 Å². The molecule has 2 atom stereocenters. The van der Waals surface area contributed by atoms with Crippen LogP contribution in [0.2, 0.25) is 0 Å². The second-order valence-electron chi connectivity index (χ2n) is 7.31. The first-order chi connectivity index (χ1) is 14.5. The summed E-state index contributed by atoms with van der Waals surface area (Å²) in [6.07, 6.45) is 0.768. The number of rotatable bonds is 5. The van der Waals surface area contributed by atoms with Gasteiger partial charge in [0.25, 0.3) is 5.91 Å². The molecule has 2 aromatic rings. The molecule has 0 aromatic heterocycles. The fourth-order valence-electron chi connectivity index (χ4n) is 3.82. The summed E-state index contributed by atoms with van der Waals surface area (Å²) in [6, 6.07) is 11.9. The number of carbonyl (C=O) groups excluding carboxylic acids is 3. The van der Waals surface area contributed by atoms with Crippen LogP contribution in [0.15, 0.2) is 42.5 Å². The molecule has 156 valence electrons. The standard InChI is InChI=1S/C22H23N3O5/c1-13(20(26)23-15-6-3-4-8-19(15)29-2)30-22(28)14-9-10-17-16(12-14)24-21(27)18-7-5-11-25(17)18/h3-4,6,8-10,12-13,18H,5,7,11H2,1-2H3,(H,23,26)(H,24,27)/t13-,18-/m0/s1. The van der Waals surface area contributed by atoms with Crippen molar-refractivity contribution in [1.29, 1.82) is 0 Å². The Morgan fingerprint density at radius 2 is 2.03 bits per heavy atom. The molecule has 0 saturated carbocycles. The minimum Gasteiger partial charge on any atom is -0.495 e. The number of esters is 1. The van der Waals surface area contributed by atoms with E-state index in [-0.39, 0.29) is 17.5 Å². The van der Waals surface area contributed by atoms with Crippen molar-refractivity contribution >= 4 is 34.8 Å². The molecule has 0 spiro atoms. The van der Waals surface area contributed by atoms with Crippen molar-refractivity contribution in [2.45, 2.75) is 31.9 Å². The molecule has 2 aliphatic rings. The topological polar surface area (TPSA) is 97.0 Å². The second-order valence-corrected chi connectivity index (χ2v) is 7.31. The lowest BCUT2D eigenvalue weighted by atomic mass is 10.1. The lowest BCUT2D eigenvalue weighted by molar-refractivity contribution is -0.123. The van der Waals surface area contributed by atoms with E-state index in [0.29, 0.717) is 17.1 Å². The van der Waals surface area contributed by atoms with E-state index in [4.69, 9.17) is 9.47 Å². The molecule has 0 aliphatic carbocycles. The first-order valence-electron chi connectivity index (χ1n) is 9.84. The highest BCUT2D eigenvalue weighted by molar-refractivity contribution is 6.06. The number of nitrogens with zero attached hydrogens (tertiary/aromatic N) is 1.